The van der Waals surface area contributed by atoms with E-state index in [0.29, 0.717) is 5.82 Å². The topological polar surface area (TPSA) is 53.1 Å². The predicted molar refractivity (Wildman–Crippen MR) is 70.0 cm³/mol. The fourth-order valence-corrected chi connectivity index (χ4v) is 2.73. The Morgan fingerprint density at radius 2 is 2.29 bits per heavy atom. The van der Waals surface area contributed by atoms with Crippen LogP contribution in [0.4, 0.5) is 5.82 Å². The van der Waals surface area contributed by atoms with E-state index in [0.717, 1.165) is 34.5 Å². The second kappa shape index (κ2) is 3.77. The zero-order valence-electron chi connectivity index (χ0n) is 9.40. The Hall–Kier alpha value is -1.49. The Balaban J connectivity index is 2.15. The van der Waals surface area contributed by atoms with Crippen LogP contribution in [0.15, 0.2) is 22.7 Å². The average Bonchev–Trinajstić information content (AvgIpc) is 2.84. The molecule has 2 N–H and O–H groups in total. The molecule has 2 aromatic rings. The molecule has 3 rings (SSSR count). The van der Waals surface area contributed by atoms with E-state index in [9.17, 15) is 0 Å². The van der Waals surface area contributed by atoms with Gasteiger partial charge < -0.3 is 10.5 Å². The third-order valence-electron chi connectivity index (χ3n) is 2.98. The van der Waals surface area contributed by atoms with Gasteiger partial charge in [0, 0.05) is 19.0 Å². The van der Waals surface area contributed by atoms with E-state index in [4.69, 9.17) is 10.5 Å². The predicted octanol–water partition coefficient (Wildman–Crippen LogP) is 2.37. The third-order valence-corrected chi connectivity index (χ3v) is 3.76. The van der Waals surface area contributed by atoms with Crippen molar-refractivity contribution < 1.29 is 4.74 Å². The summed E-state index contributed by atoms with van der Waals surface area (Å²) in [6.07, 6.45) is 0.966. The molecule has 0 atom stereocenters. The highest BCUT2D eigenvalue weighted by Gasteiger charge is 2.17. The summed E-state index contributed by atoms with van der Waals surface area (Å²) < 4.78 is 8.13. The zero-order chi connectivity index (χ0) is 12.0. The normalized spacial score (nSPS) is 13.5. The third kappa shape index (κ3) is 1.61. The highest BCUT2D eigenvalue weighted by Crippen LogP contribution is 2.35. The highest BCUT2D eigenvalue weighted by molar-refractivity contribution is 9.10. The van der Waals surface area contributed by atoms with Gasteiger partial charge in [0.25, 0.3) is 0 Å². The van der Waals surface area contributed by atoms with E-state index in [1.165, 1.54) is 5.56 Å². The molecule has 0 radical (unpaired) electrons. The Kier molecular flexibility index (Phi) is 2.36. The van der Waals surface area contributed by atoms with Crippen LogP contribution in [0.3, 0.4) is 0 Å². The summed E-state index contributed by atoms with van der Waals surface area (Å²) in [7, 11) is 1.89. The molecule has 0 fully saturated rings. The molecule has 0 saturated carbocycles. The lowest BCUT2D eigenvalue weighted by Crippen LogP contribution is -1.95. The number of anilines is 1. The Labute approximate surface area is 108 Å². The average molecular weight is 294 g/mol. The van der Waals surface area contributed by atoms with Gasteiger partial charge in [0.15, 0.2) is 5.82 Å². The molecule has 0 spiro atoms. The van der Waals surface area contributed by atoms with Gasteiger partial charge in [-0.3, -0.25) is 4.68 Å². The lowest BCUT2D eigenvalue weighted by Gasteiger charge is -2.05. The van der Waals surface area contributed by atoms with Crippen LogP contribution >= 0.6 is 15.9 Å². The van der Waals surface area contributed by atoms with Crippen molar-refractivity contribution in [1.29, 1.82) is 0 Å². The highest BCUT2D eigenvalue weighted by atomic mass is 79.9. The van der Waals surface area contributed by atoms with Gasteiger partial charge in [-0.1, -0.05) is 0 Å². The summed E-state index contributed by atoms with van der Waals surface area (Å²) in [4.78, 5) is 0. The number of nitrogens with two attached hydrogens (primary N) is 1. The number of benzene rings is 1. The van der Waals surface area contributed by atoms with Crippen molar-refractivity contribution in [2.45, 2.75) is 6.42 Å². The largest absolute Gasteiger partial charge is 0.493 e. The quantitative estimate of drug-likeness (QED) is 0.878. The lowest BCUT2D eigenvalue weighted by atomic mass is 10.1. The molecule has 1 aliphatic rings. The summed E-state index contributed by atoms with van der Waals surface area (Å²) in [6.45, 7) is 0.771. The number of hydrogen-bond donors (Lipinski definition) is 1. The summed E-state index contributed by atoms with van der Waals surface area (Å²) in [5.41, 5.74) is 9.13. The van der Waals surface area contributed by atoms with Crippen molar-refractivity contribution in [3.8, 4) is 17.0 Å². The van der Waals surface area contributed by atoms with Gasteiger partial charge in [0.2, 0.25) is 0 Å². The summed E-state index contributed by atoms with van der Waals surface area (Å²) in [5, 5.41) is 4.20. The summed E-state index contributed by atoms with van der Waals surface area (Å²) in [6, 6.07) is 6.18. The van der Waals surface area contributed by atoms with E-state index in [1.807, 2.05) is 19.2 Å². The van der Waals surface area contributed by atoms with Gasteiger partial charge in [-0.2, -0.15) is 5.10 Å². The number of aromatic nitrogens is 2. The number of nitrogens with zero attached hydrogens (tertiary/aromatic N) is 2. The molecule has 17 heavy (non-hydrogen) atoms. The SMILES string of the molecule is Cn1nc(N)c(Br)c1-c1ccc2c(c1)CCO2. The molecule has 88 valence electrons. The number of ether oxygens (including phenoxy) is 1. The maximum atomic E-state index is 5.79. The van der Waals surface area contributed by atoms with Gasteiger partial charge in [0.1, 0.15) is 5.75 Å². The second-order valence-electron chi connectivity index (χ2n) is 4.09. The van der Waals surface area contributed by atoms with E-state index < -0.39 is 0 Å². The molecule has 5 heteroatoms. The Morgan fingerprint density at radius 3 is 3.00 bits per heavy atom. The minimum Gasteiger partial charge on any atom is -0.493 e. The molecule has 0 bridgehead atoms. The van der Waals surface area contributed by atoms with Crippen LogP contribution < -0.4 is 10.5 Å². The molecule has 2 heterocycles. The minimum absolute atomic E-state index is 0.513. The minimum atomic E-state index is 0.513. The molecular weight excluding hydrogens is 282 g/mol. The molecule has 0 aliphatic carbocycles. The van der Waals surface area contributed by atoms with Crippen LogP contribution in [0.5, 0.6) is 5.75 Å². The number of hydrogen-bond acceptors (Lipinski definition) is 3. The van der Waals surface area contributed by atoms with Crippen LogP contribution in [0.1, 0.15) is 5.56 Å². The van der Waals surface area contributed by atoms with Crippen molar-refractivity contribution in [3.63, 3.8) is 0 Å². The van der Waals surface area contributed by atoms with Crippen molar-refractivity contribution >= 4 is 21.7 Å². The standard InChI is InChI=1S/C12H12BrN3O/c1-16-11(10(13)12(14)15-16)8-2-3-9-7(6-8)4-5-17-9/h2-3,6H,4-5H2,1H3,(H2,14,15). The first-order valence-corrected chi connectivity index (χ1v) is 6.20. The van der Waals surface area contributed by atoms with Crippen molar-refractivity contribution in [1.82, 2.24) is 9.78 Å². The number of halogens is 1. The molecule has 1 aliphatic heterocycles. The van der Waals surface area contributed by atoms with Crippen LogP contribution in [0.2, 0.25) is 0 Å². The molecule has 4 nitrogen and oxygen atoms in total. The van der Waals surface area contributed by atoms with Crippen LogP contribution in [0, 0.1) is 0 Å². The molecule has 1 aromatic heterocycles. The van der Waals surface area contributed by atoms with Crippen molar-refractivity contribution in [3.05, 3.63) is 28.2 Å². The van der Waals surface area contributed by atoms with Crippen molar-refractivity contribution in [2.75, 3.05) is 12.3 Å². The maximum Gasteiger partial charge on any atom is 0.160 e. The van der Waals surface area contributed by atoms with E-state index in [2.05, 4.69) is 27.1 Å². The first kappa shape index (κ1) is 10.7. The van der Waals surface area contributed by atoms with Gasteiger partial charge in [-0.15, -0.1) is 0 Å². The fraction of sp³-hybridized carbons (Fsp3) is 0.250. The molecule has 0 unspecified atom stereocenters. The molecule has 0 amide bonds. The number of fused-ring (bicyclic) bond motifs is 1. The van der Waals surface area contributed by atoms with Crippen LogP contribution in [-0.4, -0.2) is 16.4 Å². The monoisotopic (exact) mass is 293 g/mol. The van der Waals surface area contributed by atoms with Crippen molar-refractivity contribution in [2.24, 2.45) is 7.05 Å². The van der Waals surface area contributed by atoms with Gasteiger partial charge in [0.05, 0.1) is 16.8 Å². The summed E-state index contributed by atoms with van der Waals surface area (Å²) in [5.74, 6) is 1.50. The molecule has 0 saturated heterocycles. The zero-order valence-corrected chi connectivity index (χ0v) is 11.0. The Bertz CT molecular complexity index is 592. The molecular formula is C12H12BrN3O. The van der Waals surface area contributed by atoms with Gasteiger partial charge in [-0.25, -0.2) is 0 Å². The van der Waals surface area contributed by atoms with Crippen LogP contribution in [0.25, 0.3) is 11.3 Å². The van der Waals surface area contributed by atoms with Gasteiger partial charge >= 0.3 is 0 Å². The van der Waals surface area contributed by atoms with Crippen LogP contribution in [-0.2, 0) is 13.5 Å². The van der Waals surface area contributed by atoms with E-state index >= 15 is 0 Å². The number of aryl methyl sites for hydroxylation is 1. The van der Waals surface area contributed by atoms with E-state index in [-0.39, 0.29) is 0 Å². The molecule has 1 aromatic carbocycles. The van der Waals surface area contributed by atoms with Gasteiger partial charge in [-0.05, 0) is 39.7 Å². The fourth-order valence-electron chi connectivity index (χ4n) is 2.17. The lowest BCUT2D eigenvalue weighted by molar-refractivity contribution is 0.357. The summed E-state index contributed by atoms with van der Waals surface area (Å²) >= 11 is 3.48. The second-order valence-corrected chi connectivity index (χ2v) is 4.89. The number of rotatable bonds is 1. The number of nitrogen functional groups attached to an aromatic ring is 1. The first-order chi connectivity index (χ1) is 8.16. The first-order valence-electron chi connectivity index (χ1n) is 5.41. The Morgan fingerprint density at radius 1 is 1.47 bits per heavy atom. The maximum absolute atomic E-state index is 5.79. The van der Waals surface area contributed by atoms with E-state index in [1.54, 1.807) is 4.68 Å². The smallest absolute Gasteiger partial charge is 0.160 e.